The first kappa shape index (κ1) is 12.8. The predicted octanol–water partition coefficient (Wildman–Crippen LogP) is 3.72. The smallest absolute Gasteiger partial charge is 0.201 e. The van der Waals surface area contributed by atoms with Crippen LogP contribution in [0.1, 0.15) is 27.8 Å². The molecule has 0 amide bonds. The van der Waals surface area contributed by atoms with Crippen LogP contribution in [0.4, 0.5) is 0 Å². The maximum Gasteiger partial charge on any atom is 0.215 e. The van der Waals surface area contributed by atoms with E-state index in [-0.39, 0.29) is 0 Å². The first-order chi connectivity index (χ1) is 8.41. The number of hydrogen-bond acceptors (Lipinski definition) is 0. The lowest BCUT2D eigenvalue weighted by molar-refractivity contribution is -0.660. The highest BCUT2D eigenvalue weighted by atomic mass is 14.9. The molecule has 0 unspecified atom stereocenters. The monoisotopic (exact) mass is 240 g/mol. The normalized spacial score (nSPS) is 10.8. The molecule has 1 heterocycles. The van der Waals surface area contributed by atoms with Gasteiger partial charge in [0.05, 0.1) is 0 Å². The van der Waals surface area contributed by atoms with Gasteiger partial charge in [0.2, 0.25) is 5.69 Å². The van der Waals surface area contributed by atoms with E-state index in [1.165, 1.54) is 39.1 Å². The van der Waals surface area contributed by atoms with Gasteiger partial charge in [-0.1, -0.05) is 11.6 Å². The summed E-state index contributed by atoms with van der Waals surface area (Å²) in [5.74, 6) is 0. The average molecular weight is 240 g/mol. The molecular weight excluding hydrogens is 218 g/mol. The Morgan fingerprint density at radius 1 is 0.833 bits per heavy atom. The van der Waals surface area contributed by atoms with E-state index in [0.717, 1.165) is 0 Å². The van der Waals surface area contributed by atoms with E-state index in [1.807, 2.05) is 0 Å². The topological polar surface area (TPSA) is 3.88 Å². The van der Waals surface area contributed by atoms with Crippen LogP contribution < -0.4 is 4.57 Å². The van der Waals surface area contributed by atoms with Gasteiger partial charge in [0.1, 0.15) is 7.05 Å². The molecule has 0 radical (unpaired) electrons. The van der Waals surface area contributed by atoms with Crippen molar-refractivity contribution in [1.82, 2.24) is 0 Å². The molecule has 0 atom stereocenters. The van der Waals surface area contributed by atoms with E-state index in [1.54, 1.807) is 0 Å². The summed E-state index contributed by atoms with van der Waals surface area (Å²) in [4.78, 5) is 0. The van der Waals surface area contributed by atoms with Crippen LogP contribution in [0.5, 0.6) is 0 Å². The number of pyridine rings is 1. The Kier molecular flexibility index (Phi) is 3.25. The average Bonchev–Trinajstić information content (AvgIpc) is 2.30. The molecule has 0 aliphatic carbocycles. The van der Waals surface area contributed by atoms with Crippen LogP contribution in [0.25, 0.3) is 11.3 Å². The zero-order valence-corrected chi connectivity index (χ0v) is 12.3. The highest BCUT2D eigenvalue weighted by molar-refractivity contribution is 5.67. The zero-order chi connectivity index (χ0) is 13.4. The second kappa shape index (κ2) is 4.56. The predicted molar refractivity (Wildman–Crippen MR) is 76.7 cm³/mol. The number of rotatable bonds is 1. The van der Waals surface area contributed by atoms with Gasteiger partial charge in [-0.25, -0.2) is 4.57 Å². The van der Waals surface area contributed by atoms with E-state index in [2.05, 4.69) is 70.6 Å². The van der Waals surface area contributed by atoms with Gasteiger partial charge in [-0.3, -0.25) is 0 Å². The van der Waals surface area contributed by atoms with Crippen molar-refractivity contribution in [1.29, 1.82) is 0 Å². The molecule has 1 aromatic carbocycles. The summed E-state index contributed by atoms with van der Waals surface area (Å²) in [6.45, 7) is 11.0. The molecule has 1 heteroatoms. The summed E-state index contributed by atoms with van der Waals surface area (Å²) in [7, 11) is 2.12. The maximum atomic E-state index is 2.30. The second-order valence-corrected chi connectivity index (χ2v) is 5.34. The van der Waals surface area contributed by atoms with E-state index < -0.39 is 0 Å². The van der Waals surface area contributed by atoms with Crippen LogP contribution in [0.3, 0.4) is 0 Å². The van der Waals surface area contributed by atoms with Crippen LogP contribution in [0, 0.1) is 34.6 Å². The van der Waals surface area contributed by atoms with Crippen molar-refractivity contribution in [2.45, 2.75) is 34.6 Å². The highest BCUT2D eigenvalue weighted by Crippen LogP contribution is 2.28. The summed E-state index contributed by atoms with van der Waals surface area (Å²) < 4.78 is 2.23. The minimum atomic E-state index is 1.33. The molecule has 0 N–H and O–H groups in total. The molecule has 1 nitrogen and oxygen atoms in total. The molecule has 94 valence electrons. The molecule has 2 aromatic rings. The third-order valence-electron chi connectivity index (χ3n) is 3.91. The van der Waals surface area contributed by atoms with Crippen LogP contribution in [-0.4, -0.2) is 0 Å². The molecule has 0 aliphatic rings. The first-order valence-electron chi connectivity index (χ1n) is 6.46. The van der Waals surface area contributed by atoms with E-state index >= 15 is 0 Å². The van der Waals surface area contributed by atoms with Gasteiger partial charge in [-0.05, 0) is 57.4 Å². The minimum Gasteiger partial charge on any atom is -0.201 e. The van der Waals surface area contributed by atoms with Crippen LogP contribution in [0.15, 0.2) is 24.4 Å². The van der Waals surface area contributed by atoms with Gasteiger partial charge in [0, 0.05) is 17.2 Å². The molecular formula is C17H22N+. The van der Waals surface area contributed by atoms with Gasteiger partial charge in [-0.15, -0.1) is 0 Å². The number of nitrogens with zero attached hydrogens (tertiary/aromatic N) is 1. The molecule has 0 aliphatic heterocycles. The van der Waals surface area contributed by atoms with Crippen molar-refractivity contribution in [2.75, 3.05) is 0 Å². The van der Waals surface area contributed by atoms with E-state index in [0.29, 0.717) is 0 Å². The largest absolute Gasteiger partial charge is 0.215 e. The van der Waals surface area contributed by atoms with Gasteiger partial charge >= 0.3 is 0 Å². The van der Waals surface area contributed by atoms with Crippen molar-refractivity contribution < 1.29 is 4.57 Å². The Labute approximate surface area is 110 Å². The van der Waals surface area contributed by atoms with E-state index in [9.17, 15) is 0 Å². The Morgan fingerprint density at radius 3 is 2.17 bits per heavy atom. The summed E-state index contributed by atoms with van der Waals surface area (Å²) in [6.07, 6.45) is 2.15. The van der Waals surface area contributed by atoms with Gasteiger partial charge in [0.15, 0.2) is 6.20 Å². The Bertz CT molecular complexity index is 609. The number of hydrogen-bond donors (Lipinski definition) is 0. The number of aromatic nitrogens is 1. The lowest BCUT2D eigenvalue weighted by Crippen LogP contribution is -2.32. The zero-order valence-electron chi connectivity index (χ0n) is 12.3. The fourth-order valence-electron chi connectivity index (χ4n) is 2.55. The molecule has 0 spiro atoms. The van der Waals surface area contributed by atoms with Crippen LogP contribution in [0.2, 0.25) is 0 Å². The summed E-state index contributed by atoms with van der Waals surface area (Å²) in [5, 5.41) is 0. The van der Waals surface area contributed by atoms with Crippen molar-refractivity contribution >= 4 is 0 Å². The van der Waals surface area contributed by atoms with Crippen molar-refractivity contribution in [3.8, 4) is 11.3 Å². The summed E-state index contributed by atoms with van der Waals surface area (Å²) in [6, 6.07) is 6.73. The molecule has 18 heavy (non-hydrogen) atoms. The van der Waals surface area contributed by atoms with Crippen molar-refractivity contribution in [2.24, 2.45) is 7.05 Å². The highest BCUT2D eigenvalue weighted by Gasteiger charge is 2.18. The fraction of sp³-hybridized carbons (Fsp3) is 0.353. The van der Waals surface area contributed by atoms with Gasteiger partial charge < -0.3 is 0 Å². The lowest BCUT2D eigenvalue weighted by Gasteiger charge is -2.12. The van der Waals surface area contributed by atoms with Crippen LogP contribution in [-0.2, 0) is 7.05 Å². The third kappa shape index (κ3) is 2.05. The standard InChI is InChI=1S/C17H22N/c1-11-9-13(3)14(4)16(10-11)17-15(5)12(2)7-8-18(17)6/h7-10H,1-6H3/q+1. The first-order valence-corrected chi connectivity index (χ1v) is 6.46. The number of benzene rings is 1. The second-order valence-electron chi connectivity index (χ2n) is 5.34. The minimum absolute atomic E-state index is 1.33. The Hall–Kier alpha value is -1.63. The number of aryl methyl sites for hydroxylation is 4. The molecule has 0 bridgehead atoms. The Morgan fingerprint density at radius 2 is 1.50 bits per heavy atom. The quantitative estimate of drug-likeness (QED) is 0.669. The maximum absolute atomic E-state index is 2.30. The lowest BCUT2D eigenvalue weighted by atomic mass is 9.94. The SMILES string of the molecule is Cc1cc(C)c(C)c(-c2c(C)c(C)cc[n+]2C)c1. The van der Waals surface area contributed by atoms with Gasteiger partial charge in [-0.2, -0.15) is 0 Å². The molecule has 0 saturated heterocycles. The van der Waals surface area contributed by atoms with Crippen molar-refractivity contribution in [3.05, 3.63) is 52.2 Å². The summed E-state index contributed by atoms with van der Waals surface area (Å²) >= 11 is 0. The van der Waals surface area contributed by atoms with Gasteiger partial charge in [0.25, 0.3) is 0 Å². The molecule has 2 rings (SSSR count). The molecule has 0 saturated carbocycles. The molecule has 1 aromatic heterocycles. The fourth-order valence-corrected chi connectivity index (χ4v) is 2.55. The van der Waals surface area contributed by atoms with Crippen LogP contribution >= 0.6 is 0 Å². The summed E-state index contributed by atoms with van der Waals surface area (Å²) in [5.41, 5.74) is 9.48. The molecule has 0 fully saturated rings. The van der Waals surface area contributed by atoms with Crippen molar-refractivity contribution in [3.63, 3.8) is 0 Å². The third-order valence-corrected chi connectivity index (χ3v) is 3.91. The van der Waals surface area contributed by atoms with E-state index in [4.69, 9.17) is 0 Å². The Balaban J connectivity index is 2.81.